The van der Waals surface area contributed by atoms with Crippen molar-refractivity contribution in [3.63, 3.8) is 0 Å². The van der Waals surface area contributed by atoms with Crippen LogP contribution in [0.5, 0.6) is 0 Å². The molecule has 1 unspecified atom stereocenters. The highest BCUT2D eigenvalue weighted by Crippen LogP contribution is 2.33. The lowest BCUT2D eigenvalue weighted by atomic mass is 9.80. The van der Waals surface area contributed by atoms with Crippen LogP contribution in [-0.2, 0) is 5.41 Å². The van der Waals surface area contributed by atoms with Crippen LogP contribution in [0.1, 0.15) is 43.5 Å². The van der Waals surface area contributed by atoms with Crippen molar-refractivity contribution in [2.45, 2.75) is 32.2 Å². The second-order valence-corrected chi connectivity index (χ2v) is 6.22. The number of benzene rings is 2. The van der Waals surface area contributed by atoms with E-state index < -0.39 is 11.6 Å². The van der Waals surface area contributed by atoms with Crippen LogP contribution < -0.4 is 5.32 Å². The molecule has 2 aromatic carbocycles. The molecule has 0 saturated carbocycles. The molecule has 0 amide bonds. The minimum Gasteiger partial charge on any atom is -0.309 e. The minimum atomic E-state index is -0.431. The van der Waals surface area contributed by atoms with Crippen molar-refractivity contribution in [2.75, 3.05) is 7.05 Å². The fourth-order valence-electron chi connectivity index (χ4n) is 2.65. The highest BCUT2D eigenvalue weighted by atomic mass is 19.1. The largest absolute Gasteiger partial charge is 0.309 e. The monoisotopic (exact) mass is 289 g/mol. The molecule has 112 valence electrons. The van der Waals surface area contributed by atoms with Gasteiger partial charge in [-0.2, -0.15) is 0 Å². The molecule has 0 spiro atoms. The molecule has 0 aliphatic carbocycles. The third-order valence-electron chi connectivity index (χ3n) is 3.64. The van der Waals surface area contributed by atoms with Crippen LogP contribution in [0.15, 0.2) is 42.5 Å². The third kappa shape index (κ3) is 3.30. The molecule has 2 aromatic rings. The molecular weight excluding hydrogens is 268 g/mol. The molecule has 0 heterocycles. The van der Waals surface area contributed by atoms with Crippen LogP contribution in [0.4, 0.5) is 8.78 Å². The van der Waals surface area contributed by atoms with Gasteiger partial charge in [-0.25, -0.2) is 8.78 Å². The molecule has 0 radical (unpaired) electrons. The standard InChI is InChI=1S/C18H21F2N/c1-18(2,3)15-8-6-5-7-13(15)17(21-4)14-11-12(19)9-10-16(14)20/h5-11,17,21H,1-4H3. The van der Waals surface area contributed by atoms with E-state index in [2.05, 4.69) is 26.1 Å². The van der Waals surface area contributed by atoms with Gasteiger partial charge in [0, 0.05) is 5.56 Å². The van der Waals surface area contributed by atoms with Gasteiger partial charge in [0.15, 0.2) is 0 Å². The van der Waals surface area contributed by atoms with Gasteiger partial charge in [-0.15, -0.1) is 0 Å². The fourth-order valence-corrected chi connectivity index (χ4v) is 2.65. The van der Waals surface area contributed by atoms with Crippen molar-refractivity contribution in [1.29, 1.82) is 0 Å². The predicted molar refractivity (Wildman–Crippen MR) is 82.4 cm³/mol. The molecule has 21 heavy (non-hydrogen) atoms. The first kappa shape index (κ1) is 15.6. The SMILES string of the molecule is CNC(c1cc(F)ccc1F)c1ccccc1C(C)(C)C. The maximum absolute atomic E-state index is 14.1. The molecule has 1 atom stereocenters. The Hall–Kier alpha value is -1.74. The molecule has 1 N–H and O–H groups in total. The van der Waals surface area contributed by atoms with Crippen molar-refractivity contribution in [3.8, 4) is 0 Å². The van der Waals surface area contributed by atoms with Crippen LogP contribution in [0, 0.1) is 11.6 Å². The smallest absolute Gasteiger partial charge is 0.128 e. The van der Waals surface area contributed by atoms with Gasteiger partial charge in [-0.05, 0) is 41.8 Å². The number of halogens is 2. The van der Waals surface area contributed by atoms with E-state index in [1.54, 1.807) is 7.05 Å². The maximum atomic E-state index is 14.1. The number of nitrogens with one attached hydrogen (secondary N) is 1. The Labute approximate surface area is 125 Å². The summed E-state index contributed by atoms with van der Waals surface area (Å²) in [6.45, 7) is 6.33. The highest BCUT2D eigenvalue weighted by molar-refractivity contribution is 5.41. The number of hydrogen-bond donors (Lipinski definition) is 1. The summed E-state index contributed by atoms with van der Waals surface area (Å²) < 4.78 is 27.6. The molecule has 0 aliphatic heterocycles. The Morgan fingerprint density at radius 1 is 0.952 bits per heavy atom. The van der Waals surface area contributed by atoms with Crippen LogP contribution in [0.3, 0.4) is 0 Å². The van der Waals surface area contributed by atoms with E-state index in [1.165, 1.54) is 12.1 Å². The lowest BCUT2D eigenvalue weighted by Gasteiger charge is -2.28. The van der Waals surface area contributed by atoms with E-state index in [0.717, 1.165) is 17.2 Å². The molecule has 0 aliphatic rings. The van der Waals surface area contributed by atoms with Crippen molar-refractivity contribution in [2.24, 2.45) is 0 Å². The Balaban J connectivity index is 2.60. The Kier molecular flexibility index (Phi) is 4.43. The van der Waals surface area contributed by atoms with Gasteiger partial charge in [0.2, 0.25) is 0 Å². The Morgan fingerprint density at radius 3 is 2.24 bits per heavy atom. The maximum Gasteiger partial charge on any atom is 0.128 e. The summed E-state index contributed by atoms with van der Waals surface area (Å²) in [4.78, 5) is 0. The van der Waals surface area contributed by atoms with E-state index in [0.29, 0.717) is 5.56 Å². The van der Waals surface area contributed by atoms with Crippen LogP contribution in [0.25, 0.3) is 0 Å². The average Bonchev–Trinajstić information content (AvgIpc) is 2.43. The Bertz CT molecular complexity index is 629. The van der Waals surface area contributed by atoms with Crippen molar-refractivity contribution in [1.82, 2.24) is 5.32 Å². The van der Waals surface area contributed by atoms with Gasteiger partial charge in [0.25, 0.3) is 0 Å². The number of hydrogen-bond acceptors (Lipinski definition) is 1. The normalized spacial score (nSPS) is 13.2. The van der Waals surface area contributed by atoms with E-state index in [9.17, 15) is 8.78 Å². The highest BCUT2D eigenvalue weighted by Gasteiger charge is 2.24. The fraction of sp³-hybridized carbons (Fsp3) is 0.333. The van der Waals surface area contributed by atoms with Gasteiger partial charge in [-0.3, -0.25) is 0 Å². The molecule has 0 fully saturated rings. The van der Waals surface area contributed by atoms with E-state index in [4.69, 9.17) is 0 Å². The molecule has 0 aromatic heterocycles. The van der Waals surface area contributed by atoms with Gasteiger partial charge in [0.05, 0.1) is 6.04 Å². The van der Waals surface area contributed by atoms with Gasteiger partial charge in [0.1, 0.15) is 11.6 Å². The first-order valence-electron chi connectivity index (χ1n) is 7.06. The molecule has 3 heteroatoms. The summed E-state index contributed by atoms with van der Waals surface area (Å²) in [5.41, 5.74) is 2.34. The molecule has 2 rings (SSSR count). The summed E-state index contributed by atoms with van der Waals surface area (Å²) in [5.74, 6) is -0.834. The van der Waals surface area contributed by atoms with Gasteiger partial charge < -0.3 is 5.32 Å². The number of rotatable bonds is 3. The van der Waals surface area contributed by atoms with Crippen LogP contribution >= 0.6 is 0 Å². The van der Waals surface area contributed by atoms with E-state index in [1.807, 2.05) is 24.3 Å². The van der Waals surface area contributed by atoms with E-state index >= 15 is 0 Å². The zero-order valence-electron chi connectivity index (χ0n) is 12.9. The summed E-state index contributed by atoms with van der Waals surface area (Å²) in [6.07, 6.45) is 0. The minimum absolute atomic E-state index is 0.0739. The predicted octanol–water partition coefficient (Wildman–Crippen LogP) is 4.57. The molecule has 0 bridgehead atoms. The quantitative estimate of drug-likeness (QED) is 0.872. The summed E-state index contributed by atoms with van der Waals surface area (Å²) in [5, 5.41) is 3.11. The molecular formula is C18H21F2N. The average molecular weight is 289 g/mol. The second kappa shape index (κ2) is 5.94. The summed E-state index contributed by atoms with van der Waals surface area (Å²) in [6, 6.07) is 11.1. The van der Waals surface area contributed by atoms with Crippen molar-refractivity contribution >= 4 is 0 Å². The zero-order chi connectivity index (χ0) is 15.6. The van der Waals surface area contributed by atoms with Crippen LogP contribution in [-0.4, -0.2) is 7.05 Å². The second-order valence-electron chi connectivity index (χ2n) is 6.22. The lowest BCUT2D eigenvalue weighted by Crippen LogP contribution is -2.24. The van der Waals surface area contributed by atoms with Crippen LogP contribution in [0.2, 0.25) is 0 Å². The molecule has 1 nitrogen and oxygen atoms in total. The summed E-state index contributed by atoms with van der Waals surface area (Å²) in [7, 11) is 1.76. The lowest BCUT2D eigenvalue weighted by molar-refractivity contribution is 0.540. The van der Waals surface area contributed by atoms with Gasteiger partial charge in [-0.1, -0.05) is 45.0 Å². The van der Waals surface area contributed by atoms with E-state index in [-0.39, 0.29) is 11.5 Å². The first-order chi connectivity index (χ1) is 9.84. The van der Waals surface area contributed by atoms with Gasteiger partial charge >= 0.3 is 0 Å². The third-order valence-corrected chi connectivity index (χ3v) is 3.64. The molecule has 0 saturated heterocycles. The first-order valence-corrected chi connectivity index (χ1v) is 7.06. The zero-order valence-corrected chi connectivity index (χ0v) is 12.9. The topological polar surface area (TPSA) is 12.0 Å². The van der Waals surface area contributed by atoms with Crippen molar-refractivity contribution < 1.29 is 8.78 Å². The van der Waals surface area contributed by atoms with Crippen molar-refractivity contribution in [3.05, 3.63) is 70.8 Å². The summed E-state index contributed by atoms with van der Waals surface area (Å²) >= 11 is 0. The Morgan fingerprint density at radius 2 is 1.62 bits per heavy atom.